The number of nitrogens with zero attached hydrogens (tertiary/aromatic N) is 4. The first-order chi connectivity index (χ1) is 10.1. The highest BCUT2D eigenvalue weighted by Crippen LogP contribution is 2.33. The number of hydrogen-bond donors (Lipinski definition) is 1. The van der Waals surface area contributed by atoms with E-state index in [0.717, 1.165) is 24.2 Å². The van der Waals surface area contributed by atoms with Crippen LogP contribution < -0.4 is 0 Å². The van der Waals surface area contributed by atoms with Crippen molar-refractivity contribution >= 4 is 6.20 Å². The molecule has 112 valence electrons. The molecule has 0 aromatic carbocycles. The molecule has 0 radical (unpaired) electrons. The van der Waals surface area contributed by atoms with Gasteiger partial charge < -0.3 is 10.0 Å². The number of aliphatic hydroxyl groups is 1. The second-order valence-corrected chi connectivity index (χ2v) is 5.35. The van der Waals surface area contributed by atoms with Gasteiger partial charge >= 0.3 is 0 Å². The molecule has 5 nitrogen and oxygen atoms in total. The van der Waals surface area contributed by atoms with E-state index in [2.05, 4.69) is 21.6 Å². The summed E-state index contributed by atoms with van der Waals surface area (Å²) in [6.07, 6.45) is 8.15. The van der Waals surface area contributed by atoms with Crippen LogP contribution in [-0.4, -0.2) is 45.4 Å². The first kappa shape index (κ1) is 15.4. The van der Waals surface area contributed by atoms with Gasteiger partial charge in [-0.05, 0) is 57.2 Å². The van der Waals surface area contributed by atoms with E-state index in [9.17, 15) is 5.11 Å². The largest absolute Gasteiger partial charge is 0.379 e. The predicted octanol–water partition coefficient (Wildman–Crippen LogP) is 1.96. The lowest BCUT2D eigenvalue weighted by atomic mass is 9.86. The molecule has 0 aliphatic rings. The van der Waals surface area contributed by atoms with Gasteiger partial charge in [-0.3, -0.25) is 4.98 Å². The van der Waals surface area contributed by atoms with Crippen LogP contribution in [0.5, 0.6) is 0 Å². The van der Waals surface area contributed by atoms with Crippen LogP contribution in [0.25, 0.3) is 6.20 Å². The van der Waals surface area contributed by atoms with Crippen molar-refractivity contribution in [1.29, 1.82) is 0 Å². The zero-order valence-corrected chi connectivity index (χ0v) is 12.6. The fraction of sp³-hybridized carbons (Fsp3) is 0.375. The van der Waals surface area contributed by atoms with E-state index in [1.807, 2.05) is 32.3 Å². The third-order valence-corrected chi connectivity index (χ3v) is 3.57. The van der Waals surface area contributed by atoms with Crippen LogP contribution in [0.3, 0.4) is 0 Å². The molecular formula is C16H22N4O. The predicted molar refractivity (Wildman–Crippen MR) is 83.6 cm³/mol. The van der Waals surface area contributed by atoms with Crippen molar-refractivity contribution in [2.24, 2.45) is 0 Å². The molecule has 2 aromatic heterocycles. The minimum absolute atomic E-state index is 0.606. The lowest BCUT2D eigenvalue weighted by Crippen LogP contribution is -2.31. The average Bonchev–Trinajstić information content (AvgIpc) is 2.96. The van der Waals surface area contributed by atoms with Gasteiger partial charge in [0.1, 0.15) is 5.60 Å². The molecule has 0 spiro atoms. The van der Waals surface area contributed by atoms with E-state index in [0.29, 0.717) is 6.42 Å². The van der Waals surface area contributed by atoms with Crippen LogP contribution in [0, 0.1) is 0 Å². The van der Waals surface area contributed by atoms with Crippen LogP contribution in [-0.2, 0) is 5.60 Å². The Morgan fingerprint density at radius 1 is 1.29 bits per heavy atom. The molecule has 0 bridgehead atoms. The van der Waals surface area contributed by atoms with Crippen molar-refractivity contribution in [3.8, 4) is 0 Å². The Balaban J connectivity index is 2.37. The highest BCUT2D eigenvalue weighted by molar-refractivity contribution is 5.34. The molecule has 1 atom stereocenters. The van der Waals surface area contributed by atoms with Gasteiger partial charge in [-0.15, -0.1) is 0 Å². The Bertz CT molecular complexity index is 579. The maximum atomic E-state index is 11.3. The van der Waals surface area contributed by atoms with E-state index in [1.165, 1.54) is 0 Å². The number of rotatable bonds is 7. The molecule has 2 rings (SSSR count). The zero-order chi connectivity index (χ0) is 15.3. The van der Waals surface area contributed by atoms with Crippen molar-refractivity contribution in [2.75, 3.05) is 20.6 Å². The molecule has 0 unspecified atom stereocenters. The lowest BCUT2D eigenvalue weighted by molar-refractivity contribution is 0.0599. The molecule has 1 N–H and O–H groups in total. The fourth-order valence-corrected chi connectivity index (χ4v) is 2.49. The summed E-state index contributed by atoms with van der Waals surface area (Å²) in [6.45, 7) is 4.66. The molecule has 21 heavy (non-hydrogen) atoms. The first-order valence-corrected chi connectivity index (χ1v) is 7.02. The Kier molecular flexibility index (Phi) is 4.88. The van der Waals surface area contributed by atoms with E-state index >= 15 is 0 Å². The molecule has 0 aliphatic heterocycles. The molecule has 0 saturated heterocycles. The quantitative estimate of drug-likeness (QED) is 0.845. The van der Waals surface area contributed by atoms with Crippen LogP contribution in [0.4, 0.5) is 0 Å². The zero-order valence-electron chi connectivity index (χ0n) is 12.6. The van der Waals surface area contributed by atoms with E-state index in [4.69, 9.17) is 0 Å². The van der Waals surface area contributed by atoms with Crippen molar-refractivity contribution in [3.63, 3.8) is 0 Å². The van der Waals surface area contributed by atoms with Crippen molar-refractivity contribution in [1.82, 2.24) is 19.7 Å². The van der Waals surface area contributed by atoms with Crippen molar-refractivity contribution in [2.45, 2.75) is 18.4 Å². The van der Waals surface area contributed by atoms with Gasteiger partial charge in [-0.25, -0.2) is 4.68 Å². The van der Waals surface area contributed by atoms with E-state index < -0.39 is 5.60 Å². The van der Waals surface area contributed by atoms with Gasteiger partial charge in [0.25, 0.3) is 0 Å². The van der Waals surface area contributed by atoms with E-state index in [-0.39, 0.29) is 0 Å². The molecule has 5 heteroatoms. The molecule has 0 saturated carbocycles. The fourth-order valence-electron chi connectivity index (χ4n) is 2.49. The number of pyridine rings is 1. The van der Waals surface area contributed by atoms with Gasteiger partial charge in [0.15, 0.2) is 0 Å². The van der Waals surface area contributed by atoms with Gasteiger partial charge in [0.05, 0.1) is 5.69 Å². The van der Waals surface area contributed by atoms with E-state index in [1.54, 1.807) is 29.5 Å². The number of aromatic nitrogens is 3. The summed E-state index contributed by atoms with van der Waals surface area (Å²) in [5.74, 6) is 0. The minimum Gasteiger partial charge on any atom is -0.379 e. The highest BCUT2D eigenvalue weighted by Gasteiger charge is 2.34. The first-order valence-electron chi connectivity index (χ1n) is 7.02. The second-order valence-electron chi connectivity index (χ2n) is 5.35. The Morgan fingerprint density at radius 3 is 2.62 bits per heavy atom. The number of hydrogen-bond acceptors (Lipinski definition) is 4. The molecule has 0 amide bonds. The third kappa shape index (κ3) is 3.37. The topological polar surface area (TPSA) is 54.2 Å². The van der Waals surface area contributed by atoms with Crippen molar-refractivity contribution in [3.05, 3.63) is 54.6 Å². The summed E-state index contributed by atoms with van der Waals surface area (Å²) >= 11 is 0. The molecule has 0 aliphatic carbocycles. The standard InChI is InChI=1S/C16H22N4O/c1-4-20-15(8-12-18-20)16(21,9-5-13-19(2)3)14-6-10-17-11-7-14/h4,6-8,10-12,21H,1,5,9,13H2,2-3H3/t16-/m1/s1. The molecule has 0 fully saturated rings. The average molecular weight is 286 g/mol. The molecular weight excluding hydrogens is 264 g/mol. The van der Waals surface area contributed by atoms with Crippen molar-refractivity contribution < 1.29 is 5.11 Å². The molecule has 2 aromatic rings. The second kappa shape index (κ2) is 6.65. The minimum atomic E-state index is -1.09. The SMILES string of the molecule is C=Cn1nccc1[C@@](O)(CCCN(C)C)c1ccncc1. The maximum Gasteiger partial charge on any atom is 0.132 e. The summed E-state index contributed by atoms with van der Waals surface area (Å²) in [5.41, 5.74) is 0.450. The Hall–Kier alpha value is -1.98. The van der Waals surface area contributed by atoms with Gasteiger partial charge in [0.2, 0.25) is 0 Å². The van der Waals surface area contributed by atoms with Gasteiger partial charge in [0, 0.05) is 24.8 Å². The summed E-state index contributed by atoms with van der Waals surface area (Å²) in [4.78, 5) is 6.14. The summed E-state index contributed by atoms with van der Waals surface area (Å²) in [7, 11) is 4.05. The summed E-state index contributed by atoms with van der Waals surface area (Å²) in [5, 5.41) is 15.5. The maximum absolute atomic E-state index is 11.3. The normalized spacial score (nSPS) is 14.1. The molecule has 2 heterocycles. The van der Waals surface area contributed by atoms with Gasteiger partial charge in [-0.1, -0.05) is 6.58 Å². The smallest absolute Gasteiger partial charge is 0.132 e. The van der Waals surface area contributed by atoms with Crippen LogP contribution in [0.2, 0.25) is 0 Å². The summed E-state index contributed by atoms with van der Waals surface area (Å²) in [6, 6.07) is 5.52. The van der Waals surface area contributed by atoms with Gasteiger partial charge in [-0.2, -0.15) is 5.10 Å². The summed E-state index contributed by atoms with van der Waals surface area (Å²) < 4.78 is 1.62. The Labute approximate surface area is 125 Å². The third-order valence-electron chi connectivity index (χ3n) is 3.57. The Morgan fingerprint density at radius 2 is 2.00 bits per heavy atom. The van der Waals surface area contributed by atoms with Crippen LogP contribution >= 0.6 is 0 Å². The monoisotopic (exact) mass is 286 g/mol. The lowest BCUT2D eigenvalue weighted by Gasteiger charge is -2.29. The highest BCUT2D eigenvalue weighted by atomic mass is 16.3. The van der Waals surface area contributed by atoms with Crippen LogP contribution in [0.1, 0.15) is 24.1 Å². The van der Waals surface area contributed by atoms with Crippen LogP contribution in [0.15, 0.2) is 43.4 Å².